The molecule has 0 unspecified atom stereocenters. The van der Waals surface area contributed by atoms with Gasteiger partial charge < -0.3 is 10.6 Å². The maximum atomic E-state index is 12.5. The summed E-state index contributed by atoms with van der Waals surface area (Å²) >= 11 is 5.78. The van der Waals surface area contributed by atoms with Crippen LogP contribution in [0.1, 0.15) is 21.5 Å². The van der Waals surface area contributed by atoms with Gasteiger partial charge in [-0.15, -0.1) is 0 Å². The first-order chi connectivity index (χ1) is 11.8. The van der Waals surface area contributed by atoms with Crippen LogP contribution in [0.15, 0.2) is 48.5 Å². The summed E-state index contributed by atoms with van der Waals surface area (Å²) in [5.41, 5.74) is 0.0851. The summed E-state index contributed by atoms with van der Waals surface area (Å²) in [4.78, 5) is 23.6. The molecule has 8 heteroatoms. The number of amides is 2. The molecule has 0 fully saturated rings. The molecule has 2 rings (SSSR count). The summed E-state index contributed by atoms with van der Waals surface area (Å²) in [6.07, 6.45) is -4.40. The summed E-state index contributed by atoms with van der Waals surface area (Å²) in [6, 6.07) is 10.7. The van der Waals surface area contributed by atoms with Gasteiger partial charge in [-0.3, -0.25) is 9.59 Å². The van der Waals surface area contributed by atoms with Crippen molar-refractivity contribution in [3.63, 3.8) is 0 Å². The lowest BCUT2D eigenvalue weighted by atomic mass is 10.1. The molecule has 0 radical (unpaired) electrons. The van der Waals surface area contributed by atoms with E-state index in [1.54, 1.807) is 18.2 Å². The third-order valence-corrected chi connectivity index (χ3v) is 3.50. The Balaban J connectivity index is 1.80. The molecule has 0 aliphatic heterocycles. The second-order valence-corrected chi connectivity index (χ2v) is 5.60. The Hall–Kier alpha value is -2.54. The minimum atomic E-state index is -4.40. The van der Waals surface area contributed by atoms with Gasteiger partial charge >= 0.3 is 6.18 Å². The summed E-state index contributed by atoms with van der Waals surface area (Å²) in [7, 11) is 0. The van der Waals surface area contributed by atoms with E-state index in [-0.39, 0.29) is 13.1 Å². The van der Waals surface area contributed by atoms with Gasteiger partial charge in [0.2, 0.25) is 5.91 Å². The molecule has 132 valence electrons. The third kappa shape index (κ3) is 5.79. The Morgan fingerprint density at radius 3 is 2.28 bits per heavy atom. The van der Waals surface area contributed by atoms with Crippen LogP contribution in [0.3, 0.4) is 0 Å². The van der Waals surface area contributed by atoms with Crippen molar-refractivity contribution in [3.8, 4) is 0 Å². The van der Waals surface area contributed by atoms with Crippen molar-refractivity contribution in [2.45, 2.75) is 12.7 Å². The number of rotatable bonds is 5. The zero-order valence-corrected chi connectivity index (χ0v) is 13.6. The number of nitrogens with one attached hydrogen (secondary N) is 2. The average molecular weight is 371 g/mol. The second kappa shape index (κ2) is 8.02. The molecule has 0 aliphatic rings. The first-order valence-electron chi connectivity index (χ1n) is 7.22. The molecule has 25 heavy (non-hydrogen) atoms. The first-order valence-corrected chi connectivity index (χ1v) is 7.60. The van der Waals surface area contributed by atoms with Crippen LogP contribution >= 0.6 is 11.6 Å². The van der Waals surface area contributed by atoms with Gasteiger partial charge in [-0.05, 0) is 35.9 Å². The van der Waals surface area contributed by atoms with Crippen LogP contribution in [0.4, 0.5) is 13.2 Å². The van der Waals surface area contributed by atoms with Gasteiger partial charge in [0.15, 0.2) is 0 Å². The van der Waals surface area contributed by atoms with Crippen LogP contribution in [-0.4, -0.2) is 18.4 Å². The lowest BCUT2D eigenvalue weighted by Crippen LogP contribution is -2.36. The average Bonchev–Trinajstić information content (AvgIpc) is 2.57. The van der Waals surface area contributed by atoms with Crippen molar-refractivity contribution >= 4 is 23.4 Å². The van der Waals surface area contributed by atoms with E-state index in [1.165, 1.54) is 18.2 Å². The molecule has 2 amide bonds. The third-order valence-electron chi connectivity index (χ3n) is 3.27. The number of hydrogen-bond donors (Lipinski definition) is 2. The smallest absolute Gasteiger partial charge is 0.350 e. The van der Waals surface area contributed by atoms with Crippen LogP contribution < -0.4 is 10.6 Å². The van der Waals surface area contributed by atoms with Crippen molar-refractivity contribution in [1.82, 2.24) is 10.6 Å². The van der Waals surface area contributed by atoms with E-state index in [4.69, 9.17) is 11.6 Å². The number of carbonyl (C=O) groups is 2. The highest BCUT2D eigenvalue weighted by molar-refractivity contribution is 6.30. The van der Waals surface area contributed by atoms with E-state index in [1.807, 2.05) is 0 Å². The van der Waals surface area contributed by atoms with Crippen LogP contribution in [-0.2, 0) is 17.5 Å². The Kier molecular flexibility index (Phi) is 6.03. The molecule has 0 atom stereocenters. The topological polar surface area (TPSA) is 58.2 Å². The zero-order chi connectivity index (χ0) is 18.4. The van der Waals surface area contributed by atoms with Crippen LogP contribution in [0.2, 0.25) is 5.02 Å². The van der Waals surface area contributed by atoms with E-state index in [2.05, 4.69) is 10.6 Å². The fourth-order valence-corrected chi connectivity index (χ4v) is 2.16. The predicted octanol–water partition coefficient (Wildman–Crippen LogP) is 3.41. The zero-order valence-electron chi connectivity index (χ0n) is 12.9. The van der Waals surface area contributed by atoms with Crippen molar-refractivity contribution in [1.29, 1.82) is 0 Å². The lowest BCUT2D eigenvalue weighted by molar-refractivity contribution is -0.137. The highest BCUT2D eigenvalue weighted by atomic mass is 35.5. The summed E-state index contributed by atoms with van der Waals surface area (Å²) in [5, 5.41) is 5.35. The van der Waals surface area contributed by atoms with Crippen molar-refractivity contribution in [2.75, 3.05) is 6.54 Å². The van der Waals surface area contributed by atoms with Crippen LogP contribution in [0.25, 0.3) is 0 Å². The SMILES string of the molecule is O=C(CNC(=O)c1cccc(Cl)c1)NCc1ccc(C(F)(F)F)cc1. The fraction of sp³-hybridized carbons (Fsp3) is 0.176. The van der Waals surface area contributed by atoms with E-state index in [0.29, 0.717) is 16.1 Å². The van der Waals surface area contributed by atoms with Gasteiger partial charge in [-0.25, -0.2) is 0 Å². The molecular formula is C17H14ClF3N2O2. The van der Waals surface area contributed by atoms with Gasteiger partial charge in [-0.1, -0.05) is 29.8 Å². The van der Waals surface area contributed by atoms with Crippen LogP contribution in [0, 0.1) is 0 Å². The second-order valence-electron chi connectivity index (χ2n) is 5.16. The normalized spacial score (nSPS) is 11.0. The Morgan fingerprint density at radius 1 is 1.00 bits per heavy atom. The van der Waals surface area contributed by atoms with E-state index in [9.17, 15) is 22.8 Å². The largest absolute Gasteiger partial charge is 0.416 e. The molecule has 0 bridgehead atoms. The molecule has 0 spiro atoms. The van der Waals surface area contributed by atoms with Crippen molar-refractivity contribution in [3.05, 3.63) is 70.2 Å². The van der Waals surface area contributed by atoms with Crippen LogP contribution in [0.5, 0.6) is 0 Å². The highest BCUT2D eigenvalue weighted by Gasteiger charge is 2.29. The molecule has 2 aromatic rings. The molecule has 0 aromatic heterocycles. The monoisotopic (exact) mass is 370 g/mol. The summed E-state index contributed by atoms with van der Waals surface area (Å²) in [6.45, 7) is -0.198. The predicted molar refractivity (Wildman–Crippen MR) is 87.1 cm³/mol. The number of hydrogen-bond acceptors (Lipinski definition) is 2. The number of benzene rings is 2. The van der Waals surface area contributed by atoms with E-state index in [0.717, 1.165) is 12.1 Å². The highest BCUT2D eigenvalue weighted by Crippen LogP contribution is 2.29. The molecule has 0 saturated carbocycles. The van der Waals surface area contributed by atoms with Crippen molar-refractivity contribution in [2.24, 2.45) is 0 Å². The number of carbonyl (C=O) groups excluding carboxylic acids is 2. The van der Waals surface area contributed by atoms with Gasteiger partial charge in [0.25, 0.3) is 5.91 Å². The lowest BCUT2D eigenvalue weighted by Gasteiger charge is -2.09. The summed E-state index contributed by atoms with van der Waals surface area (Å²) < 4.78 is 37.4. The van der Waals surface area contributed by atoms with Gasteiger partial charge in [-0.2, -0.15) is 13.2 Å². The fourth-order valence-electron chi connectivity index (χ4n) is 1.97. The Bertz CT molecular complexity index is 761. The van der Waals surface area contributed by atoms with E-state index < -0.39 is 23.6 Å². The molecule has 2 aromatic carbocycles. The molecule has 0 heterocycles. The molecule has 2 N–H and O–H groups in total. The maximum absolute atomic E-state index is 12.5. The maximum Gasteiger partial charge on any atom is 0.416 e. The minimum absolute atomic E-state index is 0.0595. The van der Waals surface area contributed by atoms with Gasteiger partial charge in [0.1, 0.15) is 0 Å². The Labute approximate surface area is 147 Å². The number of halogens is 4. The molecular weight excluding hydrogens is 357 g/mol. The Morgan fingerprint density at radius 2 is 1.68 bits per heavy atom. The van der Waals surface area contributed by atoms with E-state index >= 15 is 0 Å². The number of alkyl halides is 3. The standard InChI is InChI=1S/C17H14ClF3N2O2/c18-14-3-1-2-12(8-14)16(25)23-10-15(24)22-9-11-4-6-13(7-5-11)17(19,20)21/h1-8H,9-10H2,(H,22,24)(H,23,25). The van der Waals surface area contributed by atoms with Crippen molar-refractivity contribution < 1.29 is 22.8 Å². The van der Waals surface area contributed by atoms with Gasteiger partial charge in [0, 0.05) is 17.1 Å². The first kappa shape index (κ1) is 18.8. The quantitative estimate of drug-likeness (QED) is 0.847. The molecule has 4 nitrogen and oxygen atoms in total. The molecule has 0 aliphatic carbocycles. The van der Waals surface area contributed by atoms with Gasteiger partial charge in [0.05, 0.1) is 12.1 Å². The molecule has 0 saturated heterocycles. The summed E-state index contributed by atoms with van der Waals surface area (Å²) in [5.74, 6) is -0.914. The minimum Gasteiger partial charge on any atom is -0.350 e.